The summed E-state index contributed by atoms with van der Waals surface area (Å²) in [4.78, 5) is 18.7. The first-order valence-corrected chi connectivity index (χ1v) is 6.14. The van der Waals surface area contributed by atoms with Gasteiger partial charge in [0.25, 0.3) is 0 Å². The van der Waals surface area contributed by atoms with Crippen LogP contribution in [0.25, 0.3) is 0 Å². The fourth-order valence-corrected chi connectivity index (χ4v) is 1.23. The molecule has 0 fully saturated rings. The number of hydrogen-bond donors (Lipinski definition) is 3. The molecule has 0 unspecified atom stereocenters. The highest BCUT2D eigenvalue weighted by Gasteiger charge is 1.95. The molecular weight excluding hydrogens is 236 g/mol. The van der Waals surface area contributed by atoms with Gasteiger partial charge in [-0.1, -0.05) is 45.4 Å². The highest BCUT2D eigenvalue weighted by molar-refractivity contribution is 5.66. The van der Waals surface area contributed by atoms with Gasteiger partial charge in [-0.25, -0.2) is 4.79 Å². The van der Waals surface area contributed by atoms with Gasteiger partial charge in [0.2, 0.25) is 0 Å². The van der Waals surface area contributed by atoms with Crippen LogP contribution in [0.15, 0.2) is 13.2 Å². The predicted molar refractivity (Wildman–Crippen MR) is 72.2 cm³/mol. The van der Waals surface area contributed by atoms with Crippen LogP contribution >= 0.6 is 0 Å². The van der Waals surface area contributed by atoms with Crippen molar-refractivity contribution in [3.63, 3.8) is 0 Å². The van der Waals surface area contributed by atoms with Gasteiger partial charge in [-0.3, -0.25) is 4.79 Å². The van der Waals surface area contributed by atoms with E-state index in [9.17, 15) is 4.79 Å². The molecular formula is C13H26O5. The minimum absolute atomic E-state index is 0.341. The van der Waals surface area contributed by atoms with E-state index < -0.39 is 12.1 Å². The maximum atomic E-state index is 10.1. The molecule has 0 aromatic carbocycles. The van der Waals surface area contributed by atoms with Crippen LogP contribution in [-0.2, 0) is 4.79 Å². The maximum absolute atomic E-state index is 10.1. The Kier molecular flexibility index (Phi) is 25.2. The van der Waals surface area contributed by atoms with Gasteiger partial charge < -0.3 is 15.3 Å². The van der Waals surface area contributed by atoms with Gasteiger partial charge in [0.15, 0.2) is 0 Å². The van der Waals surface area contributed by atoms with Crippen molar-refractivity contribution in [1.29, 1.82) is 0 Å². The Morgan fingerprint density at radius 2 is 1.17 bits per heavy atom. The SMILES string of the molecule is C=C.CCCCCCCCCC(=O)O.O=C(O)O. The Balaban J connectivity index is -0.000000317. The fraction of sp³-hybridized carbons (Fsp3) is 0.692. The molecule has 0 aliphatic rings. The lowest BCUT2D eigenvalue weighted by molar-refractivity contribution is -0.137. The van der Waals surface area contributed by atoms with Crippen LogP contribution in [0.5, 0.6) is 0 Å². The first-order valence-electron chi connectivity index (χ1n) is 6.14. The lowest BCUT2D eigenvalue weighted by Crippen LogP contribution is -1.93. The molecule has 0 aliphatic heterocycles. The minimum Gasteiger partial charge on any atom is -0.481 e. The third-order valence-electron chi connectivity index (χ3n) is 1.99. The lowest BCUT2D eigenvalue weighted by atomic mass is 10.1. The monoisotopic (exact) mass is 262 g/mol. The zero-order valence-electron chi connectivity index (χ0n) is 11.2. The minimum atomic E-state index is -1.83. The molecule has 0 amide bonds. The Morgan fingerprint density at radius 3 is 1.50 bits per heavy atom. The van der Waals surface area contributed by atoms with Gasteiger partial charge in [0, 0.05) is 6.42 Å². The van der Waals surface area contributed by atoms with Gasteiger partial charge in [-0.05, 0) is 6.42 Å². The zero-order chi connectivity index (χ0) is 14.8. The average molecular weight is 262 g/mol. The van der Waals surface area contributed by atoms with Crippen LogP contribution in [-0.4, -0.2) is 27.4 Å². The number of carboxylic acid groups (broad SMARTS) is 3. The summed E-state index contributed by atoms with van der Waals surface area (Å²) < 4.78 is 0. The summed E-state index contributed by atoms with van der Waals surface area (Å²) in [7, 11) is 0. The summed E-state index contributed by atoms with van der Waals surface area (Å²) in [6.07, 6.45) is 6.81. The molecule has 0 atom stereocenters. The summed E-state index contributed by atoms with van der Waals surface area (Å²) in [5.74, 6) is -0.663. The summed E-state index contributed by atoms with van der Waals surface area (Å²) in [6.45, 7) is 8.20. The van der Waals surface area contributed by atoms with Crippen molar-refractivity contribution in [2.75, 3.05) is 0 Å². The van der Waals surface area contributed by atoms with Crippen molar-refractivity contribution in [2.45, 2.75) is 58.3 Å². The number of carboxylic acids is 1. The summed E-state index contributed by atoms with van der Waals surface area (Å²) in [5.41, 5.74) is 0. The second kappa shape index (κ2) is 20.8. The Bertz CT molecular complexity index is 188. The van der Waals surface area contributed by atoms with Crippen molar-refractivity contribution in [1.82, 2.24) is 0 Å². The van der Waals surface area contributed by atoms with Gasteiger partial charge >= 0.3 is 12.1 Å². The first-order chi connectivity index (χ1) is 8.50. The van der Waals surface area contributed by atoms with Crippen LogP contribution in [0.1, 0.15) is 58.3 Å². The molecule has 0 heterocycles. The van der Waals surface area contributed by atoms with Gasteiger partial charge in [0.1, 0.15) is 0 Å². The number of aliphatic carboxylic acids is 1. The van der Waals surface area contributed by atoms with E-state index in [1.54, 1.807) is 0 Å². The summed E-state index contributed by atoms with van der Waals surface area (Å²) in [5, 5.41) is 22.3. The largest absolute Gasteiger partial charge is 0.503 e. The molecule has 3 N–H and O–H groups in total. The smallest absolute Gasteiger partial charge is 0.481 e. The van der Waals surface area contributed by atoms with Crippen molar-refractivity contribution in [3.05, 3.63) is 13.2 Å². The van der Waals surface area contributed by atoms with Crippen LogP contribution in [0, 0.1) is 0 Å². The number of carbonyl (C=O) groups is 2. The van der Waals surface area contributed by atoms with Crippen LogP contribution in [0.3, 0.4) is 0 Å². The summed E-state index contributed by atoms with van der Waals surface area (Å²) >= 11 is 0. The van der Waals surface area contributed by atoms with Crippen LogP contribution < -0.4 is 0 Å². The molecule has 0 aliphatic carbocycles. The zero-order valence-corrected chi connectivity index (χ0v) is 11.2. The second-order valence-corrected chi connectivity index (χ2v) is 3.55. The van der Waals surface area contributed by atoms with Gasteiger partial charge in [0.05, 0.1) is 0 Å². The Labute approximate surface area is 109 Å². The molecule has 0 saturated carbocycles. The van der Waals surface area contributed by atoms with Crippen LogP contribution in [0.4, 0.5) is 4.79 Å². The van der Waals surface area contributed by atoms with E-state index >= 15 is 0 Å². The predicted octanol–water partition coefficient (Wildman–Crippen LogP) is 4.24. The second-order valence-electron chi connectivity index (χ2n) is 3.55. The molecule has 0 radical (unpaired) electrons. The topological polar surface area (TPSA) is 94.8 Å². The molecule has 0 bridgehead atoms. The molecule has 18 heavy (non-hydrogen) atoms. The standard InChI is InChI=1S/C10H20O2.C2H4.CH2O3/c1-2-3-4-5-6-7-8-9-10(11)12;1-2;2-1(3)4/h2-9H2,1H3,(H,11,12);1-2H2;(H2,2,3,4). The van der Waals surface area contributed by atoms with E-state index in [2.05, 4.69) is 20.1 Å². The highest BCUT2D eigenvalue weighted by atomic mass is 16.6. The third-order valence-corrected chi connectivity index (χ3v) is 1.99. The van der Waals surface area contributed by atoms with Crippen molar-refractivity contribution < 1.29 is 24.9 Å². The van der Waals surface area contributed by atoms with Gasteiger partial charge in [-0.2, -0.15) is 0 Å². The molecule has 108 valence electrons. The fourth-order valence-electron chi connectivity index (χ4n) is 1.23. The highest BCUT2D eigenvalue weighted by Crippen LogP contribution is 2.07. The maximum Gasteiger partial charge on any atom is 0.503 e. The molecule has 0 spiro atoms. The quantitative estimate of drug-likeness (QED) is 0.449. The third kappa shape index (κ3) is 47.0. The molecule has 5 nitrogen and oxygen atoms in total. The molecule has 0 rings (SSSR count). The van der Waals surface area contributed by atoms with Crippen molar-refractivity contribution in [3.8, 4) is 0 Å². The lowest BCUT2D eigenvalue weighted by Gasteiger charge is -1.98. The van der Waals surface area contributed by atoms with Gasteiger partial charge in [-0.15, -0.1) is 13.2 Å². The van der Waals surface area contributed by atoms with E-state index in [1.165, 1.54) is 32.1 Å². The average Bonchev–Trinajstić information content (AvgIpc) is 2.29. The van der Waals surface area contributed by atoms with E-state index in [0.29, 0.717) is 6.42 Å². The van der Waals surface area contributed by atoms with Crippen LogP contribution in [0.2, 0.25) is 0 Å². The normalized spacial score (nSPS) is 8.28. The summed E-state index contributed by atoms with van der Waals surface area (Å²) in [6, 6.07) is 0. The van der Waals surface area contributed by atoms with Crippen molar-refractivity contribution in [2.24, 2.45) is 0 Å². The first kappa shape index (κ1) is 21.7. The number of hydrogen-bond acceptors (Lipinski definition) is 2. The Hall–Kier alpha value is -1.52. The molecule has 0 aromatic heterocycles. The molecule has 0 saturated heterocycles. The molecule has 0 aromatic rings. The Morgan fingerprint density at radius 1 is 0.833 bits per heavy atom. The number of rotatable bonds is 8. The van der Waals surface area contributed by atoms with E-state index in [1.807, 2.05) is 0 Å². The number of unbranched alkanes of at least 4 members (excludes halogenated alkanes) is 6. The molecule has 5 heteroatoms. The van der Waals surface area contributed by atoms with E-state index in [4.69, 9.17) is 20.1 Å². The van der Waals surface area contributed by atoms with E-state index in [-0.39, 0.29) is 0 Å². The van der Waals surface area contributed by atoms with E-state index in [0.717, 1.165) is 12.8 Å². The van der Waals surface area contributed by atoms with Crippen molar-refractivity contribution >= 4 is 12.1 Å².